The molecule has 0 atom stereocenters. The Bertz CT molecular complexity index is 962. The predicted octanol–water partition coefficient (Wildman–Crippen LogP) is 2.91. The monoisotopic (exact) mass is 379 g/mol. The van der Waals surface area contributed by atoms with Gasteiger partial charge in [-0.1, -0.05) is 5.16 Å². The third-order valence-electron chi connectivity index (χ3n) is 3.99. The highest BCUT2D eigenvalue weighted by molar-refractivity contribution is 5.59. The molecular weight excluding hydrogens is 362 g/mol. The molecule has 0 unspecified atom stereocenters. The normalized spacial score (nSPS) is 10.6. The van der Waals surface area contributed by atoms with Crippen LogP contribution >= 0.6 is 0 Å². The van der Waals surface area contributed by atoms with Crippen LogP contribution < -0.4 is 14.2 Å². The molecule has 2 aromatic heterocycles. The third-order valence-corrected chi connectivity index (χ3v) is 3.99. The zero-order chi connectivity index (χ0) is 19.3. The van der Waals surface area contributed by atoms with Gasteiger partial charge in [-0.2, -0.15) is 9.97 Å². The molecule has 0 N–H and O–H groups in total. The summed E-state index contributed by atoms with van der Waals surface area (Å²) in [5, 5.41) is 8.19. The molecule has 142 valence electrons. The summed E-state index contributed by atoms with van der Waals surface area (Å²) in [6.45, 7) is 0.102. The fraction of sp³-hybridized carbons (Fsp3) is 0.158. The molecule has 0 radical (unpaired) electrons. The van der Waals surface area contributed by atoms with E-state index < -0.39 is 0 Å². The smallest absolute Gasteiger partial charge is 0.336 e. The lowest BCUT2D eigenvalue weighted by molar-refractivity contribution is 0.265. The molecule has 0 aliphatic rings. The molecule has 0 spiro atoms. The standard InChI is InChI=1S/C19H17N5O4/c1-25-15-7-3-13(4-8-15)18-21-19(27-11-17-20-12-28-23-17)22-24(18)14-5-9-16(26-2)10-6-14/h3-10,12H,11H2,1-2H3. The van der Waals surface area contributed by atoms with E-state index >= 15 is 0 Å². The number of hydrogen-bond acceptors (Lipinski definition) is 8. The number of rotatable bonds is 7. The molecule has 2 heterocycles. The van der Waals surface area contributed by atoms with E-state index in [2.05, 4.69) is 20.2 Å². The molecular formula is C19H17N5O4. The van der Waals surface area contributed by atoms with Crippen LogP contribution in [0.5, 0.6) is 17.5 Å². The Morgan fingerprint density at radius 2 is 1.61 bits per heavy atom. The maximum Gasteiger partial charge on any atom is 0.336 e. The van der Waals surface area contributed by atoms with Crippen molar-refractivity contribution >= 4 is 0 Å². The number of ether oxygens (including phenoxy) is 3. The lowest BCUT2D eigenvalue weighted by Crippen LogP contribution is -2.01. The van der Waals surface area contributed by atoms with Crippen molar-refractivity contribution in [1.82, 2.24) is 24.9 Å². The first kappa shape index (κ1) is 17.5. The molecule has 0 aliphatic heterocycles. The highest BCUT2D eigenvalue weighted by Crippen LogP contribution is 2.26. The largest absolute Gasteiger partial charge is 0.497 e. The fourth-order valence-corrected chi connectivity index (χ4v) is 2.57. The highest BCUT2D eigenvalue weighted by Gasteiger charge is 2.16. The Kier molecular flexibility index (Phi) is 4.87. The van der Waals surface area contributed by atoms with Crippen molar-refractivity contribution in [3.8, 4) is 34.6 Å². The van der Waals surface area contributed by atoms with Crippen LogP contribution in [0.4, 0.5) is 0 Å². The van der Waals surface area contributed by atoms with Crippen molar-refractivity contribution in [3.63, 3.8) is 0 Å². The number of aromatic nitrogens is 5. The predicted molar refractivity (Wildman–Crippen MR) is 98.5 cm³/mol. The summed E-state index contributed by atoms with van der Waals surface area (Å²) >= 11 is 0. The lowest BCUT2D eigenvalue weighted by atomic mass is 10.2. The molecule has 9 heteroatoms. The van der Waals surface area contributed by atoms with Crippen LogP contribution in [0.1, 0.15) is 5.82 Å². The topological polar surface area (TPSA) is 97.3 Å². The van der Waals surface area contributed by atoms with Crippen molar-refractivity contribution in [2.75, 3.05) is 14.2 Å². The van der Waals surface area contributed by atoms with Gasteiger partial charge in [0.15, 0.2) is 12.4 Å². The van der Waals surface area contributed by atoms with Crippen molar-refractivity contribution < 1.29 is 18.7 Å². The van der Waals surface area contributed by atoms with Crippen LogP contribution in [0, 0.1) is 0 Å². The fourth-order valence-electron chi connectivity index (χ4n) is 2.57. The van der Waals surface area contributed by atoms with Gasteiger partial charge in [0.1, 0.15) is 11.5 Å². The van der Waals surface area contributed by atoms with Gasteiger partial charge in [0.2, 0.25) is 12.2 Å². The molecule has 0 saturated heterocycles. The molecule has 0 amide bonds. The van der Waals surface area contributed by atoms with Gasteiger partial charge < -0.3 is 18.7 Å². The van der Waals surface area contributed by atoms with Gasteiger partial charge in [-0.3, -0.25) is 0 Å². The summed E-state index contributed by atoms with van der Waals surface area (Å²) in [4.78, 5) is 8.45. The van der Waals surface area contributed by atoms with E-state index in [-0.39, 0.29) is 12.6 Å². The molecule has 0 saturated carbocycles. The van der Waals surface area contributed by atoms with E-state index in [0.717, 1.165) is 22.7 Å². The van der Waals surface area contributed by atoms with Crippen LogP contribution in [0.2, 0.25) is 0 Å². The second-order valence-electron chi connectivity index (χ2n) is 5.69. The first-order valence-corrected chi connectivity index (χ1v) is 8.41. The number of hydrogen-bond donors (Lipinski definition) is 0. The Morgan fingerprint density at radius 3 is 2.21 bits per heavy atom. The summed E-state index contributed by atoms with van der Waals surface area (Å²) < 4.78 is 22.5. The molecule has 0 fully saturated rings. The van der Waals surface area contributed by atoms with E-state index in [0.29, 0.717) is 11.6 Å². The van der Waals surface area contributed by atoms with Crippen LogP contribution in [0.25, 0.3) is 17.1 Å². The molecule has 4 aromatic rings. The second kappa shape index (κ2) is 7.78. The SMILES string of the molecule is COc1ccc(-c2nc(OCc3ncon3)nn2-c2ccc(OC)cc2)cc1. The molecule has 2 aromatic carbocycles. The van der Waals surface area contributed by atoms with E-state index in [1.807, 2.05) is 48.5 Å². The minimum atomic E-state index is 0.102. The van der Waals surface area contributed by atoms with Gasteiger partial charge in [-0.25, -0.2) is 4.68 Å². The molecule has 9 nitrogen and oxygen atoms in total. The van der Waals surface area contributed by atoms with E-state index in [4.69, 9.17) is 18.7 Å². The molecule has 4 rings (SSSR count). The first-order chi connectivity index (χ1) is 13.8. The molecule has 0 bridgehead atoms. The number of benzene rings is 2. The van der Waals surface area contributed by atoms with Gasteiger partial charge in [0, 0.05) is 5.56 Å². The average Bonchev–Trinajstić information content (AvgIpc) is 3.42. The van der Waals surface area contributed by atoms with Gasteiger partial charge in [0.05, 0.1) is 19.9 Å². The van der Waals surface area contributed by atoms with Gasteiger partial charge in [-0.15, -0.1) is 5.10 Å². The Labute approximate surface area is 160 Å². The third kappa shape index (κ3) is 3.63. The molecule has 0 aliphatic carbocycles. The van der Waals surface area contributed by atoms with Gasteiger partial charge in [0.25, 0.3) is 0 Å². The highest BCUT2D eigenvalue weighted by atomic mass is 16.5. The first-order valence-electron chi connectivity index (χ1n) is 8.41. The van der Waals surface area contributed by atoms with Crippen LogP contribution in [0.15, 0.2) is 59.4 Å². The van der Waals surface area contributed by atoms with Crippen molar-refractivity contribution in [2.45, 2.75) is 6.61 Å². The van der Waals surface area contributed by atoms with Crippen molar-refractivity contribution in [1.29, 1.82) is 0 Å². The van der Waals surface area contributed by atoms with E-state index in [9.17, 15) is 0 Å². The summed E-state index contributed by atoms with van der Waals surface area (Å²) in [5.74, 6) is 2.54. The summed E-state index contributed by atoms with van der Waals surface area (Å²) in [6, 6.07) is 15.2. The quantitative estimate of drug-likeness (QED) is 0.483. The Hall–Kier alpha value is -3.88. The maximum absolute atomic E-state index is 5.63. The second-order valence-corrected chi connectivity index (χ2v) is 5.69. The van der Waals surface area contributed by atoms with Gasteiger partial charge >= 0.3 is 6.01 Å². The van der Waals surface area contributed by atoms with E-state index in [1.165, 1.54) is 6.39 Å². The zero-order valence-corrected chi connectivity index (χ0v) is 15.3. The summed E-state index contributed by atoms with van der Waals surface area (Å²) in [7, 11) is 3.25. The van der Waals surface area contributed by atoms with Crippen LogP contribution in [-0.4, -0.2) is 39.1 Å². The van der Waals surface area contributed by atoms with E-state index in [1.54, 1.807) is 18.9 Å². The summed E-state index contributed by atoms with van der Waals surface area (Å²) in [5.41, 5.74) is 1.67. The number of methoxy groups -OCH3 is 2. The van der Waals surface area contributed by atoms with Crippen LogP contribution in [0.3, 0.4) is 0 Å². The lowest BCUT2D eigenvalue weighted by Gasteiger charge is -2.07. The minimum absolute atomic E-state index is 0.102. The van der Waals surface area contributed by atoms with Crippen molar-refractivity contribution in [2.24, 2.45) is 0 Å². The molecule has 28 heavy (non-hydrogen) atoms. The number of nitrogens with zero attached hydrogens (tertiary/aromatic N) is 5. The van der Waals surface area contributed by atoms with Crippen molar-refractivity contribution in [3.05, 3.63) is 60.7 Å². The maximum atomic E-state index is 5.63. The average molecular weight is 379 g/mol. The Balaban J connectivity index is 1.70. The minimum Gasteiger partial charge on any atom is -0.497 e. The Morgan fingerprint density at radius 1 is 0.929 bits per heavy atom. The van der Waals surface area contributed by atoms with Gasteiger partial charge in [-0.05, 0) is 48.5 Å². The summed E-state index contributed by atoms with van der Waals surface area (Å²) in [6.07, 6.45) is 1.24. The van der Waals surface area contributed by atoms with Crippen LogP contribution in [-0.2, 0) is 6.61 Å². The zero-order valence-electron chi connectivity index (χ0n) is 15.3.